The SMILES string of the molecule is CCCc1nc(C)cc(N2CCN[C@@H](C(=O)NC3CC3)C2)n1. The Morgan fingerprint density at radius 2 is 2.27 bits per heavy atom. The van der Waals surface area contributed by atoms with E-state index in [1.54, 1.807) is 0 Å². The molecule has 0 bridgehead atoms. The van der Waals surface area contributed by atoms with Crippen LogP contribution in [0, 0.1) is 6.92 Å². The van der Waals surface area contributed by atoms with Gasteiger partial charge < -0.3 is 15.5 Å². The third kappa shape index (κ3) is 3.74. The van der Waals surface area contributed by atoms with E-state index >= 15 is 0 Å². The van der Waals surface area contributed by atoms with E-state index in [1.807, 2.05) is 13.0 Å². The standard InChI is InChI=1S/C16H25N5O/c1-3-4-14-18-11(2)9-15(20-14)21-8-7-17-13(10-21)16(22)19-12-5-6-12/h9,12-13,17H,3-8,10H2,1-2H3,(H,19,22)/t13-/m1/s1. The molecule has 6 heteroatoms. The second-order valence-electron chi connectivity index (χ2n) is 6.27. The molecule has 1 saturated carbocycles. The van der Waals surface area contributed by atoms with E-state index in [0.717, 1.165) is 56.1 Å². The van der Waals surface area contributed by atoms with Gasteiger partial charge in [-0.3, -0.25) is 4.79 Å². The van der Waals surface area contributed by atoms with Gasteiger partial charge >= 0.3 is 0 Å². The van der Waals surface area contributed by atoms with Crippen molar-refractivity contribution < 1.29 is 4.79 Å². The van der Waals surface area contributed by atoms with Crippen LogP contribution >= 0.6 is 0 Å². The molecule has 2 fully saturated rings. The quantitative estimate of drug-likeness (QED) is 0.842. The van der Waals surface area contributed by atoms with Crippen LogP contribution in [0.4, 0.5) is 5.82 Å². The number of aromatic nitrogens is 2. The van der Waals surface area contributed by atoms with Gasteiger partial charge in [-0.1, -0.05) is 6.92 Å². The zero-order chi connectivity index (χ0) is 15.5. The van der Waals surface area contributed by atoms with Gasteiger partial charge in [-0.25, -0.2) is 9.97 Å². The lowest BCUT2D eigenvalue weighted by atomic mass is 10.2. The summed E-state index contributed by atoms with van der Waals surface area (Å²) in [4.78, 5) is 23.6. The Morgan fingerprint density at radius 1 is 1.45 bits per heavy atom. The number of carbonyl (C=O) groups is 1. The Balaban J connectivity index is 1.69. The maximum Gasteiger partial charge on any atom is 0.239 e. The van der Waals surface area contributed by atoms with Crippen molar-refractivity contribution in [1.29, 1.82) is 0 Å². The smallest absolute Gasteiger partial charge is 0.239 e. The van der Waals surface area contributed by atoms with Crippen LogP contribution in [0.2, 0.25) is 0 Å². The molecule has 22 heavy (non-hydrogen) atoms. The normalized spacial score (nSPS) is 21.7. The van der Waals surface area contributed by atoms with Crippen LogP contribution < -0.4 is 15.5 Å². The lowest BCUT2D eigenvalue weighted by Crippen LogP contribution is -2.57. The summed E-state index contributed by atoms with van der Waals surface area (Å²) in [6.07, 6.45) is 4.17. The zero-order valence-corrected chi connectivity index (χ0v) is 13.4. The van der Waals surface area contributed by atoms with Crippen molar-refractivity contribution >= 4 is 11.7 Å². The van der Waals surface area contributed by atoms with Crippen LogP contribution in [0.25, 0.3) is 0 Å². The molecule has 1 amide bonds. The topological polar surface area (TPSA) is 70.2 Å². The fourth-order valence-corrected chi connectivity index (χ4v) is 2.77. The molecule has 0 radical (unpaired) electrons. The lowest BCUT2D eigenvalue weighted by Gasteiger charge is -2.34. The minimum Gasteiger partial charge on any atom is -0.353 e. The number of nitrogens with one attached hydrogen (secondary N) is 2. The van der Waals surface area contributed by atoms with E-state index in [1.165, 1.54) is 0 Å². The van der Waals surface area contributed by atoms with Crippen molar-refractivity contribution in [2.75, 3.05) is 24.5 Å². The fraction of sp³-hybridized carbons (Fsp3) is 0.688. The van der Waals surface area contributed by atoms with Gasteiger partial charge in [0.25, 0.3) is 0 Å². The number of carbonyl (C=O) groups excluding carboxylic acids is 1. The predicted molar refractivity (Wildman–Crippen MR) is 85.9 cm³/mol. The molecular formula is C16H25N5O. The Kier molecular flexibility index (Phi) is 4.57. The summed E-state index contributed by atoms with van der Waals surface area (Å²) in [6, 6.07) is 2.27. The molecule has 1 aromatic rings. The molecule has 6 nitrogen and oxygen atoms in total. The number of hydrogen-bond acceptors (Lipinski definition) is 5. The van der Waals surface area contributed by atoms with Crippen LogP contribution in [-0.4, -0.2) is 47.6 Å². The van der Waals surface area contributed by atoms with Crippen LogP contribution in [0.15, 0.2) is 6.07 Å². The number of nitrogens with zero attached hydrogens (tertiary/aromatic N) is 3. The maximum atomic E-state index is 12.2. The molecule has 1 aliphatic heterocycles. The number of hydrogen-bond donors (Lipinski definition) is 2. The molecule has 3 rings (SSSR count). The van der Waals surface area contributed by atoms with Gasteiger partial charge in [0, 0.05) is 43.9 Å². The fourth-order valence-electron chi connectivity index (χ4n) is 2.77. The summed E-state index contributed by atoms with van der Waals surface area (Å²) in [5.74, 6) is 1.96. The van der Waals surface area contributed by atoms with E-state index in [0.29, 0.717) is 12.6 Å². The third-order valence-electron chi connectivity index (χ3n) is 4.10. The molecule has 1 aliphatic carbocycles. The molecule has 2 N–H and O–H groups in total. The largest absolute Gasteiger partial charge is 0.353 e. The van der Waals surface area contributed by atoms with E-state index in [-0.39, 0.29) is 11.9 Å². The highest BCUT2D eigenvalue weighted by atomic mass is 16.2. The summed E-state index contributed by atoms with van der Waals surface area (Å²) in [6.45, 7) is 6.48. The van der Waals surface area contributed by atoms with Crippen molar-refractivity contribution in [3.05, 3.63) is 17.6 Å². The van der Waals surface area contributed by atoms with Crippen molar-refractivity contribution in [3.8, 4) is 0 Å². The lowest BCUT2D eigenvalue weighted by molar-refractivity contribution is -0.123. The van der Waals surface area contributed by atoms with Gasteiger partial charge in [-0.05, 0) is 26.2 Å². The molecule has 1 atom stereocenters. The maximum absolute atomic E-state index is 12.2. The van der Waals surface area contributed by atoms with Gasteiger partial charge in [0.15, 0.2) is 0 Å². The van der Waals surface area contributed by atoms with Gasteiger partial charge in [-0.2, -0.15) is 0 Å². The average Bonchev–Trinajstić information content (AvgIpc) is 3.31. The van der Waals surface area contributed by atoms with Crippen molar-refractivity contribution in [3.63, 3.8) is 0 Å². The van der Waals surface area contributed by atoms with Crippen LogP contribution in [0.3, 0.4) is 0 Å². The van der Waals surface area contributed by atoms with Crippen molar-refractivity contribution in [2.24, 2.45) is 0 Å². The average molecular weight is 303 g/mol. The second-order valence-corrected chi connectivity index (χ2v) is 6.27. The second kappa shape index (κ2) is 6.60. The summed E-state index contributed by atoms with van der Waals surface area (Å²) in [5.41, 5.74) is 0.992. The molecule has 0 unspecified atom stereocenters. The first-order valence-electron chi connectivity index (χ1n) is 8.29. The molecule has 1 saturated heterocycles. The third-order valence-corrected chi connectivity index (χ3v) is 4.10. The summed E-state index contributed by atoms with van der Waals surface area (Å²) in [7, 11) is 0. The number of aryl methyl sites for hydroxylation is 2. The monoisotopic (exact) mass is 303 g/mol. The number of rotatable bonds is 5. The first-order valence-corrected chi connectivity index (χ1v) is 8.29. The highest BCUT2D eigenvalue weighted by molar-refractivity contribution is 5.83. The molecule has 120 valence electrons. The number of amides is 1. The molecule has 0 spiro atoms. The first kappa shape index (κ1) is 15.2. The Morgan fingerprint density at radius 3 is 3.00 bits per heavy atom. The Bertz CT molecular complexity index is 543. The van der Waals surface area contributed by atoms with Crippen molar-refractivity contribution in [2.45, 2.75) is 51.6 Å². The van der Waals surface area contributed by atoms with E-state index < -0.39 is 0 Å². The van der Waals surface area contributed by atoms with Gasteiger partial charge in [0.05, 0.1) is 0 Å². The van der Waals surface area contributed by atoms with Crippen LogP contribution in [0.5, 0.6) is 0 Å². The summed E-state index contributed by atoms with van der Waals surface area (Å²) < 4.78 is 0. The Hall–Kier alpha value is -1.69. The predicted octanol–water partition coefficient (Wildman–Crippen LogP) is 0.794. The Labute approximate surface area is 131 Å². The van der Waals surface area contributed by atoms with Gasteiger partial charge in [0.2, 0.25) is 5.91 Å². The highest BCUT2D eigenvalue weighted by Gasteiger charge is 2.30. The number of piperazine rings is 1. The van der Waals surface area contributed by atoms with E-state index in [4.69, 9.17) is 0 Å². The molecular weight excluding hydrogens is 278 g/mol. The molecule has 2 heterocycles. The number of anilines is 1. The minimum atomic E-state index is -0.153. The van der Waals surface area contributed by atoms with E-state index in [2.05, 4.69) is 32.4 Å². The molecule has 1 aromatic heterocycles. The first-order chi connectivity index (χ1) is 10.7. The summed E-state index contributed by atoms with van der Waals surface area (Å²) in [5, 5.41) is 6.39. The van der Waals surface area contributed by atoms with Gasteiger partial charge in [-0.15, -0.1) is 0 Å². The minimum absolute atomic E-state index is 0.117. The van der Waals surface area contributed by atoms with Crippen LogP contribution in [0.1, 0.15) is 37.7 Å². The summed E-state index contributed by atoms with van der Waals surface area (Å²) >= 11 is 0. The van der Waals surface area contributed by atoms with Gasteiger partial charge in [0.1, 0.15) is 17.7 Å². The van der Waals surface area contributed by atoms with Crippen molar-refractivity contribution in [1.82, 2.24) is 20.6 Å². The molecule has 2 aliphatic rings. The van der Waals surface area contributed by atoms with E-state index in [9.17, 15) is 4.79 Å². The van der Waals surface area contributed by atoms with Crippen LogP contribution in [-0.2, 0) is 11.2 Å². The highest BCUT2D eigenvalue weighted by Crippen LogP contribution is 2.19. The zero-order valence-electron chi connectivity index (χ0n) is 13.4. The molecule has 0 aromatic carbocycles.